The third kappa shape index (κ3) is 5.56. The quantitative estimate of drug-likeness (QED) is 0.411. The number of Topliss-reactive ketones (excluding diaryl/α,β-unsaturated/α-hetero) is 1. The lowest BCUT2D eigenvalue weighted by Gasteiger charge is -2.11. The fourth-order valence-electron chi connectivity index (χ4n) is 2.46. The van der Waals surface area contributed by atoms with Crippen LogP contribution in [0.3, 0.4) is 0 Å². The molecule has 0 atom stereocenters. The van der Waals surface area contributed by atoms with Gasteiger partial charge in [-0.15, -0.1) is 11.8 Å². The first-order valence-electron chi connectivity index (χ1n) is 8.65. The van der Waals surface area contributed by atoms with Crippen molar-refractivity contribution in [3.63, 3.8) is 0 Å². The number of allylic oxidation sites excluding steroid dienone is 1. The summed E-state index contributed by atoms with van der Waals surface area (Å²) in [7, 11) is -4.10. The van der Waals surface area contributed by atoms with E-state index in [4.69, 9.17) is 0 Å². The number of rotatable bonds is 7. The topological polar surface area (TPSA) is 80.3 Å². The molecule has 0 aliphatic heterocycles. The van der Waals surface area contributed by atoms with Crippen LogP contribution in [0.2, 0.25) is 0 Å². The maximum Gasteiger partial charge on any atom is 0.266 e. The number of ketones is 1. The van der Waals surface area contributed by atoms with Crippen LogP contribution in [0.15, 0.2) is 63.9 Å². The van der Waals surface area contributed by atoms with Crippen molar-refractivity contribution < 1.29 is 18.0 Å². The predicted molar refractivity (Wildman–Crippen MR) is 112 cm³/mol. The Morgan fingerprint density at radius 1 is 1.04 bits per heavy atom. The molecule has 0 unspecified atom stereocenters. The van der Waals surface area contributed by atoms with Crippen LogP contribution in [0.5, 0.6) is 0 Å². The van der Waals surface area contributed by atoms with Gasteiger partial charge in [-0.25, -0.2) is 13.1 Å². The van der Waals surface area contributed by atoms with E-state index in [0.717, 1.165) is 5.57 Å². The lowest BCUT2D eigenvalue weighted by atomic mass is 10.1. The molecule has 2 rings (SSSR count). The Morgan fingerprint density at radius 2 is 1.71 bits per heavy atom. The van der Waals surface area contributed by atoms with Crippen LogP contribution in [0.25, 0.3) is 0 Å². The van der Waals surface area contributed by atoms with Gasteiger partial charge >= 0.3 is 0 Å². The molecule has 0 bridgehead atoms. The second-order valence-corrected chi connectivity index (χ2v) is 9.30. The van der Waals surface area contributed by atoms with Crippen molar-refractivity contribution in [2.45, 2.75) is 37.5 Å². The van der Waals surface area contributed by atoms with Crippen molar-refractivity contribution in [3.05, 3.63) is 70.8 Å². The summed E-state index contributed by atoms with van der Waals surface area (Å²) in [4.78, 5) is 24.9. The molecule has 0 aliphatic rings. The third-order valence-corrected chi connectivity index (χ3v) is 6.32. The second-order valence-electron chi connectivity index (χ2n) is 6.56. The highest BCUT2D eigenvalue weighted by Crippen LogP contribution is 2.24. The molecule has 5 nitrogen and oxygen atoms in total. The molecule has 1 amide bonds. The molecule has 0 spiro atoms. The molecular formula is C21H23NO4S2. The molecule has 0 aliphatic carbocycles. The number of hydrogen-bond acceptors (Lipinski definition) is 5. The van der Waals surface area contributed by atoms with Gasteiger partial charge in [0.25, 0.3) is 15.9 Å². The predicted octanol–water partition coefficient (Wildman–Crippen LogP) is 4.37. The zero-order chi connectivity index (χ0) is 20.9. The molecule has 1 N–H and O–H groups in total. The van der Waals surface area contributed by atoms with E-state index in [9.17, 15) is 18.0 Å². The summed E-state index contributed by atoms with van der Waals surface area (Å²) in [5.41, 5.74) is 2.45. The highest BCUT2D eigenvalue weighted by molar-refractivity contribution is 7.99. The van der Waals surface area contributed by atoms with Gasteiger partial charge in [-0.2, -0.15) is 0 Å². The summed E-state index contributed by atoms with van der Waals surface area (Å²) in [5.74, 6) is -0.258. The summed E-state index contributed by atoms with van der Waals surface area (Å²) in [5, 5.41) is 0. The molecule has 0 radical (unpaired) electrons. The van der Waals surface area contributed by atoms with Gasteiger partial charge in [-0.05, 0) is 57.5 Å². The second kappa shape index (κ2) is 9.21. The van der Waals surface area contributed by atoms with Crippen LogP contribution >= 0.6 is 11.8 Å². The number of amides is 1. The Morgan fingerprint density at radius 3 is 2.36 bits per heavy atom. The maximum atomic E-state index is 12.7. The van der Waals surface area contributed by atoms with E-state index in [1.165, 1.54) is 30.8 Å². The van der Waals surface area contributed by atoms with Crippen molar-refractivity contribution in [2.75, 3.05) is 5.75 Å². The smallest absolute Gasteiger partial charge is 0.266 e. The first-order valence-corrected chi connectivity index (χ1v) is 11.1. The van der Waals surface area contributed by atoms with Crippen molar-refractivity contribution in [1.82, 2.24) is 4.72 Å². The van der Waals surface area contributed by atoms with Gasteiger partial charge in [-0.3, -0.25) is 9.59 Å². The number of nitrogens with one attached hydrogen (secondary N) is 1. The van der Waals surface area contributed by atoms with E-state index in [0.29, 0.717) is 21.8 Å². The van der Waals surface area contributed by atoms with E-state index in [2.05, 4.69) is 4.72 Å². The molecule has 7 heteroatoms. The number of carbonyl (C=O) groups is 2. The van der Waals surface area contributed by atoms with Crippen LogP contribution < -0.4 is 4.72 Å². The molecule has 0 saturated carbocycles. The third-order valence-electron chi connectivity index (χ3n) is 3.99. The SMILES string of the molecule is CC(=O)c1cc(S(=O)(=O)NC(=O)c2ccccc2SCC=C(C)C)ccc1C. The van der Waals surface area contributed by atoms with Gasteiger partial charge in [0.1, 0.15) is 0 Å². The summed E-state index contributed by atoms with van der Waals surface area (Å²) < 4.78 is 27.4. The Balaban J connectivity index is 2.28. The summed E-state index contributed by atoms with van der Waals surface area (Å²) in [6, 6.07) is 11.1. The van der Waals surface area contributed by atoms with Crippen molar-refractivity contribution in [1.29, 1.82) is 0 Å². The van der Waals surface area contributed by atoms with Gasteiger partial charge in [0.15, 0.2) is 5.78 Å². The zero-order valence-electron chi connectivity index (χ0n) is 16.3. The minimum Gasteiger partial charge on any atom is -0.295 e. The normalized spacial score (nSPS) is 11.0. The van der Waals surface area contributed by atoms with Crippen LogP contribution in [0.4, 0.5) is 0 Å². The van der Waals surface area contributed by atoms with E-state index in [1.54, 1.807) is 37.3 Å². The van der Waals surface area contributed by atoms with Crippen LogP contribution in [0.1, 0.15) is 47.1 Å². The van der Waals surface area contributed by atoms with Gasteiger partial charge < -0.3 is 0 Å². The Labute approximate surface area is 170 Å². The molecular weight excluding hydrogens is 394 g/mol. The number of carbonyl (C=O) groups excluding carboxylic acids is 2. The number of sulfonamides is 1. The zero-order valence-corrected chi connectivity index (χ0v) is 17.9. The number of aryl methyl sites for hydroxylation is 1. The van der Waals surface area contributed by atoms with Crippen molar-refractivity contribution in [3.8, 4) is 0 Å². The number of hydrogen-bond donors (Lipinski definition) is 1. The average Bonchev–Trinajstić information content (AvgIpc) is 2.61. The molecule has 0 heterocycles. The number of benzene rings is 2. The summed E-state index contributed by atoms with van der Waals surface area (Å²) in [6.45, 7) is 7.08. The van der Waals surface area contributed by atoms with E-state index in [-0.39, 0.29) is 16.2 Å². The van der Waals surface area contributed by atoms with Gasteiger partial charge in [0, 0.05) is 16.2 Å². The standard InChI is InChI=1S/C21H23NO4S2/c1-14(2)11-12-27-20-8-6-5-7-18(20)21(24)22-28(25,26)17-10-9-15(3)19(13-17)16(4)23/h5-11,13H,12H2,1-4H3,(H,22,24). The molecule has 0 saturated heterocycles. The number of thioether (sulfide) groups is 1. The van der Waals surface area contributed by atoms with Gasteiger partial charge in [0.05, 0.1) is 10.5 Å². The van der Waals surface area contributed by atoms with Crippen molar-refractivity contribution in [2.24, 2.45) is 0 Å². The molecule has 148 valence electrons. The molecule has 2 aromatic carbocycles. The lowest BCUT2D eigenvalue weighted by molar-refractivity contribution is 0.0977. The average molecular weight is 418 g/mol. The summed E-state index contributed by atoms with van der Waals surface area (Å²) in [6.07, 6.45) is 2.03. The first-order chi connectivity index (χ1) is 13.1. The van der Waals surface area contributed by atoms with E-state index < -0.39 is 15.9 Å². The minimum atomic E-state index is -4.10. The maximum absolute atomic E-state index is 12.7. The fraction of sp³-hybridized carbons (Fsp3) is 0.238. The Hall–Kier alpha value is -2.38. The highest BCUT2D eigenvalue weighted by Gasteiger charge is 2.22. The Bertz CT molecular complexity index is 1040. The van der Waals surface area contributed by atoms with Gasteiger partial charge in [0.2, 0.25) is 0 Å². The van der Waals surface area contributed by atoms with Crippen LogP contribution in [0, 0.1) is 6.92 Å². The van der Waals surface area contributed by atoms with E-state index in [1.807, 2.05) is 19.9 Å². The monoisotopic (exact) mass is 417 g/mol. The highest BCUT2D eigenvalue weighted by atomic mass is 32.2. The van der Waals surface area contributed by atoms with Crippen LogP contribution in [-0.2, 0) is 10.0 Å². The van der Waals surface area contributed by atoms with Crippen molar-refractivity contribution >= 4 is 33.5 Å². The largest absolute Gasteiger partial charge is 0.295 e. The molecule has 0 aromatic heterocycles. The first kappa shape index (κ1) is 21.9. The van der Waals surface area contributed by atoms with E-state index >= 15 is 0 Å². The molecule has 2 aromatic rings. The molecule has 0 fully saturated rings. The molecule has 28 heavy (non-hydrogen) atoms. The van der Waals surface area contributed by atoms with Crippen LogP contribution in [-0.4, -0.2) is 25.9 Å². The fourth-order valence-corrected chi connectivity index (χ4v) is 4.54. The van der Waals surface area contributed by atoms with Gasteiger partial charge in [-0.1, -0.05) is 29.8 Å². The Kier molecular flexibility index (Phi) is 7.21. The minimum absolute atomic E-state index is 0.119. The lowest BCUT2D eigenvalue weighted by Crippen LogP contribution is -2.31. The summed E-state index contributed by atoms with van der Waals surface area (Å²) >= 11 is 1.46.